The molecular weight excluding hydrogens is 475 g/mol. The molecule has 6 rings (SSSR count). The number of carbonyl (C=O) groups is 2. The Morgan fingerprint density at radius 1 is 1.26 bits per heavy atom. The number of hydrogen-bond donors (Lipinski definition) is 1. The molecule has 0 atom stereocenters. The predicted molar refractivity (Wildman–Crippen MR) is 126 cm³/mol. The summed E-state index contributed by atoms with van der Waals surface area (Å²) >= 11 is 6.24. The predicted octanol–water partition coefficient (Wildman–Crippen LogP) is 4.16. The number of aromatic nitrogens is 2. The van der Waals surface area contributed by atoms with Crippen LogP contribution in [-0.2, 0) is 4.79 Å². The lowest BCUT2D eigenvalue weighted by atomic mass is 9.99. The molecule has 0 spiro atoms. The van der Waals surface area contributed by atoms with Crippen molar-refractivity contribution in [2.45, 2.75) is 18.9 Å². The number of carbonyl (C=O) groups excluding carboxylic acids is 2. The molecule has 35 heavy (non-hydrogen) atoms. The first-order valence-electron chi connectivity index (χ1n) is 11.5. The second kappa shape index (κ2) is 8.57. The molecule has 0 unspecified atom stereocenters. The van der Waals surface area contributed by atoms with Gasteiger partial charge in [-0.2, -0.15) is 5.10 Å². The van der Waals surface area contributed by atoms with Crippen molar-refractivity contribution >= 4 is 29.1 Å². The quantitative estimate of drug-likeness (QED) is 0.554. The van der Waals surface area contributed by atoms with Gasteiger partial charge in [-0.15, -0.1) is 0 Å². The lowest BCUT2D eigenvalue weighted by Crippen LogP contribution is -2.52. The fourth-order valence-corrected chi connectivity index (χ4v) is 4.53. The van der Waals surface area contributed by atoms with Crippen LogP contribution in [0, 0.1) is 11.7 Å². The molecule has 1 saturated heterocycles. The van der Waals surface area contributed by atoms with Gasteiger partial charge < -0.3 is 19.7 Å². The van der Waals surface area contributed by atoms with Crippen molar-refractivity contribution in [2.75, 3.05) is 31.6 Å². The summed E-state index contributed by atoms with van der Waals surface area (Å²) in [5.41, 5.74) is 2.02. The van der Waals surface area contributed by atoms with Crippen LogP contribution in [0.2, 0.25) is 5.02 Å². The van der Waals surface area contributed by atoms with Crippen molar-refractivity contribution in [1.82, 2.24) is 14.7 Å². The van der Waals surface area contributed by atoms with Crippen molar-refractivity contribution < 1.29 is 23.5 Å². The molecule has 0 bridgehead atoms. The molecule has 2 aliphatic heterocycles. The van der Waals surface area contributed by atoms with E-state index in [1.807, 2.05) is 29.2 Å². The average Bonchev–Trinajstić information content (AvgIpc) is 3.55. The molecule has 3 heterocycles. The Hall–Kier alpha value is -3.59. The minimum atomic E-state index is -0.679. The van der Waals surface area contributed by atoms with Gasteiger partial charge in [0.15, 0.2) is 6.61 Å². The number of rotatable bonds is 6. The van der Waals surface area contributed by atoms with Crippen LogP contribution in [0.25, 0.3) is 11.1 Å². The molecule has 3 aliphatic rings. The largest absolute Gasteiger partial charge is 0.493 e. The number of nitrogens with zero attached hydrogens (tertiary/aromatic N) is 3. The Kier molecular flexibility index (Phi) is 5.36. The molecule has 3 aromatic rings. The van der Waals surface area contributed by atoms with E-state index in [-0.39, 0.29) is 29.7 Å². The lowest BCUT2D eigenvalue weighted by Gasteiger charge is -2.39. The number of anilines is 1. The first kappa shape index (κ1) is 21.9. The SMILES string of the molecule is O=C1COc2cc(F)c(C(=O)N3CC(COc4ccc(Cl)cc4-c4cnn(C5CC5)c4)C3)cc2N1. The summed E-state index contributed by atoms with van der Waals surface area (Å²) in [7, 11) is 0. The molecule has 1 N–H and O–H groups in total. The third-order valence-corrected chi connectivity index (χ3v) is 6.66. The maximum atomic E-state index is 14.5. The minimum Gasteiger partial charge on any atom is -0.493 e. The molecule has 2 fully saturated rings. The van der Waals surface area contributed by atoms with Gasteiger partial charge in [-0.25, -0.2) is 4.39 Å². The summed E-state index contributed by atoms with van der Waals surface area (Å²) in [6, 6.07) is 8.43. The number of nitrogens with one attached hydrogen (secondary N) is 1. The van der Waals surface area contributed by atoms with E-state index in [2.05, 4.69) is 10.4 Å². The van der Waals surface area contributed by atoms with Crippen molar-refractivity contribution in [3.8, 4) is 22.6 Å². The Morgan fingerprint density at radius 3 is 2.89 bits per heavy atom. The molecule has 2 aromatic carbocycles. The van der Waals surface area contributed by atoms with Gasteiger partial charge in [0, 0.05) is 47.4 Å². The smallest absolute Gasteiger partial charge is 0.262 e. The molecule has 1 aromatic heterocycles. The highest BCUT2D eigenvalue weighted by atomic mass is 35.5. The van der Waals surface area contributed by atoms with Crippen molar-refractivity contribution in [1.29, 1.82) is 0 Å². The third-order valence-electron chi connectivity index (χ3n) is 6.43. The standard InChI is InChI=1S/C25H22ClFN4O4/c26-16-1-4-22(18(5-16)15-8-28-31(11-15)17-2-3-17)34-12-14-9-30(10-14)25(33)19-6-21-23(7-20(19)27)35-13-24(32)29-21/h1,4-8,11,14,17H,2-3,9-10,12-13H2,(H,29,32). The first-order chi connectivity index (χ1) is 16.9. The van der Waals surface area contributed by atoms with Gasteiger partial charge >= 0.3 is 0 Å². The maximum absolute atomic E-state index is 14.5. The Labute approximate surface area is 205 Å². The Bertz CT molecular complexity index is 1330. The van der Waals surface area contributed by atoms with Crippen LogP contribution < -0.4 is 14.8 Å². The van der Waals surface area contributed by atoms with Crippen LogP contribution in [0.5, 0.6) is 11.5 Å². The summed E-state index contributed by atoms with van der Waals surface area (Å²) in [5.74, 6) is -0.422. The summed E-state index contributed by atoms with van der Waals surface area (Å²) in [6.07, 6.45) is 6.13. The fourth-order valence-electron chi connectivity index (χ4n) is 4.35. The first-order valence-corrected chi connectivity index (χ1v) is 11.8. The molecule has 1 saturated carbocycles. The van der Waals surface area contributed by atoms with Crippen molar-refractivity contribution in [3.63, 3.8) is 0 Å². The van der Waals surface area contributed by atoms with Gasteiger partial charge in [0.05, 0.1) is 30.1 Å². The maximum Gasteiger partial charge on any atom is 0.262 e. The number of benzene rings is 2. The molecule has 10 heteroatoms. The van der Waals surface area contributed by atoms with Gasteiger partial charge in [0.25, 0.3) is 11.8 Å². The summed E-state index contributed by atoms with van der Waals surface area (Å²) in [5, 5.41) is 7.67. The monoisotopic (exact) mass is 496 g/mol. The van der Waals surface area contributed by atoms with E-state index in [0.717, 1.165) is 30.0 Å². The van der Waals surface area contributed by atoms with E-state index in [0.29, 0.717) is 42.2 Å². The zero-order valence-electron chi connectivity index (χ0n) is 18.7. The molecule has 0 radical (unpaired) electrons. The van der Waals surface area contributed by atoms with Crippen LogP contribution in [0.15, 0.2) is 42.7 Å². The summed E-state index contributed by atoms with van der Waals surface area (Å²) in [4.78, 5) is 25.9. The van der Waals surface area contributed by atoms with Crippen molar-refractivity contribution in [3.05, 3.63) is 59.1 Å². The fraction of sp³-hybridized carbons (Fsp3) is 0.320. The van der Waals surface area contributed by atoms with Crippen LogP contribution in [0.4, 0.5) is 10.1 Å². The Morgan fingerprint density at radius 2 is 2.09 bits per heavy atom. The van der Waals surface area contributed by atoms with Crippen LogP contribution in [0.1, 0.15) is 29.2 Å². The highest BCUT2D eigenvalue weighted by Gasteiger charge is 2.34. The number of amides is 2. The number of halogens is 2. The normalized spacial score (nSPS) is 17.3. The molecule has 1 aliphatic carbocycles. The number of likely N-dealkylation sites (tertiary alicyclic amines) is 1. The second-order valence-corrected chi connectivity index (χ2v) is 9.57. The van der Waals surface area contributed by atoms with Crippen LogP contribution in [0.3, 0.4) is 0 Å². The van der Waals surface area contributed by atoms with Crippen LogP contribution in [-0.4, -0.2) is 52.8 Å². The van der Waals surface area contributed by atoms with Crippen LogP contribution >= 0.6 is 11.6 Å². The topological polar surface area (TPSA) is 85.7 Å². The summed E-state index contributed by atoms with van der Waals surface area (Å²) in [6.45, 7) is 1.12. The zero-order valence-corrected chi connectivity index (χ0v) is 19.4. The minimum absolute atomic E-state index is 0.0958. The highest BCUT2D eigenvalue weighted by Crippen LogP contribution is 2.38. The van der Waals surface area contributed by atoms with Crippen molar-refractivity contribution in [2.24, 2.45) is 5.92 Å². The van der Waals surface area contributed by atoms with E-state index in [1.54, 1.807) is 11.0 Å². The van der Waals surface area contributed by atoms with E-state index in [9.17, 15) is 14.0 Å². The molecule has 8 nitrogen and oxygen atoms in total. The number of hydrogen-bond acceptors (Lipinski definition) is 5. The van der Waals surface area contributed by atoms with Gasteiger partial charge in [-0.3, -0.25) is 14.3 Å². The van der Waals surface area contributed by atoms with E-state index < -0.39 is 11.7 Å². The second-order valence-electron chi connectivity index (χ2n) is 9.13. The van der Waals surface area contributed by atoms with Gasteiger partial charge in [0.1, 0.15) is 17.3 Å². The summed E-state index contributed by atoms with van der Waals surface area (Å²) < 4.78 is 27.8. The molecule has 180 valence electrons. The molecule has 2 amide bonds. The van der Waals surface area contributed by atoms with E-state index in [4.69, 9.17) is 21.1 Å². The van der Waals surface area contributed by atoms with Gasteiger partial charge in [-0.1, -0.05) is 11.6 Å². The third kappa shape index (κ3) is 4.32. The van der Waals surface area contributed by atoms with Gasteiger partial charge in [0.2, 0.25) is 0 Å². The lowest BCUT2D eigenvalue weighted by molar-refractivity contribution is -0.118. The number of fused-ring (bicyclic) bond motifs is 1. The Balaban J connectivity index is 1.10. The van der Waals surface area contributed by atoms with Gasteiger partial charge in [-0.05, 0) is 37.1 Å². The highest BCUT2D eigenvalue weighted by molar-refractivity contribution is 6.31. The zero-order chi connectivity index (χ0) is 24.1. The number of ether oxygens (including phenoxy) is 2. The van der Waals surface area contributed by atoms with E-state index >= 15 is 0 Å². The van der Waals surface area contributed by atoms with E-state index in [1.165, 1.54) is 6.07 Å². The molecular formula is C25H22ClFN4O4. The average molecular weight is 497 g/mol.